The normalized spacial score (nSPS) is 16.0. The van der Waals surface area contributed by atoms with Gasteiger partial charge in [0.15, 0.2) is 21.2 Å². The molecule has 1 saturated heterocycles. The van der Waals surface area contributed by atoms with E-state index in [2.05, 4.69) is 11.6 Å². The highest BCUT2D eigenvalue weighted by molar-refractivity contribution is 7.94. The first kappa shape index (κ1) is 34.0. The number of rotatable bonds is 9. The molecule has 1 amide bonds. The molecule has 0 aliphatic carbocycles. The first-order chi connectivity index (χ1) is 22.2. The molecule has 2 aromatic carbocycles. The molecule has 0 atom stereocenters. The summed E-state index contributed by atoms with van der Waals surface area (Å²) >= 11 is 6.67. The molecule has 5 rings (SSSR count). The third-order valence-electron chi connectivity index (χ3n) is 9.02. The summed E-state index contributed by atoms with van der Waals surface area (Å²) in [7, 11) is -3.66. The summed E-state index contributed by atoms with van der Waals surface area (Å²) in [6.07, 6.45) is 1.13. The summed E-state index contributed by atoms with van der Waals surface area (Å²) in [6, 6.07) is 9.62. The third-order valence-corrected chi connectivity index (χ3v) is 10.7. The van der Waals surface area contributed by atoms with Crippen molar-refractivity contribution in [2.24, 2.45) is 0 Å². The second kappa shape index (κ2) is 13.0. The second-order valence-electron chi connectivity index (χ2n) is 11.8. The number of carbonyl (C=O) groups is 3. The average molecular weight is 681 g/mol. The number of aromatic amines is 1. The lowest BCUT2D eigenvalue weighted by atomic mass is 9.86. The number of esters is 2. The van der Waals surface area contributed by atoms with E-state index in [4.69, 9.17) is 21.1 Å². The van der Waals surface area contributed by atoms with E-state index in [9.17, 15) is 27.9 Å². The zero-order valence-corrected chi connectivity index (χ0v) is 28.3. The molecule has 12 heteroatoms. The van der Waals surface area contributed by atoms with Crippen molar-refractivity contribution >= 4 is 44.9 Å². The number of aryl methyl sites for hydroxylation is 2. The van der Waals surface area contributed by atoms with Crippen LogP contribution in [0.15, 0.2) is 59.0 Å². The predicted molar refractivity (Wildman–Crippen MR) is 178 cm³/mol. The Hall–Kier alpha value is -4.35. The van der Waals surface area contributed by atoms with Crippen LogP contribution in [0, 0.1) is 20.8 Å². The summed E-state index contributed by atoms with van der Waals surface area (Å²) in [5, 5.41) is 12.6. The molecule has 3 heterocycles. The number of H-pyrrole nitrogens is 1. The summed E-state index contributed by atoms with van der Waals surface area (Å²) < 4.78 is 35.6. The first-order valence-electron chi connectivity index (χ1n) is 15.3. The topological polar surface area (TPSA) is 143 Å². The van der Waals surface area contributed by atoms with E-state index in [0.717, 1.165) is 22.2 Å². The zero-order valence-electron chi connectivity index (χ0n) is 26.7. The number of benzene rings is 2. The number of nitrogens with one attached hydrogen (secondary N) is 1. The average Bonchev–Trinajstić information content (AvgIpc) is 3.46. The van der Waals surface area contributed by atoms with Crippen molar-refractivity contribution in [2.45, 2.75) is 63.9 Å². The minimum atomic E-state index is -3.66. The summed E-state index contributed by atoms with van der Waals surface area (Å²) in [4.78, 5) is 43.5. The number of aromatic nitrogens is 1. The van der Waals surface area contributed by atoms with E-state index < -0.39 is 27.4 Å². The highest BCUT2D eigenvalue weighted by atomic mass is 35.5. The van der Waals surface area contributed by atoms with Crippen molar-refractivity contribution in [3.63, 3.8) is 0 Å². The largest absolute Gasteiger partial charge is 0.507 e. The smallest absolute Gasteiger partial charge is 0.355 e. The predicted octanol–water partition coefficient (Wildman–Crippen LogP) is 6.17. The standard InChI is InChI=1S/C35H37ClN2O8S/c1-6-45-34(42)31-21(4)25(22(5)37-31)11-12-29(39)38-15-13-35(14-16-38)32(40)30(33(41)46-35)26-19-28(36)27(17-20(26)3)23-9-8-10-24(18-23)47(43,44)7-2/h7-10,17-19,37,40H,2,6,11-16H2,1,3-5H3. The minimum absolute atomic E-state index is 0.0227. The van der Waals surface area contributed by atoms with Crippen LogP contribution < -0.4 is 0 Å². The van der Waals surface area contributed by atoms with E-state index in [1.54, 1.807) is 43.0 Å². The van der Waals surface area contributed by atoms with E-state index in [1.807, 2.05) is 13.8 Å². The molecular weight excluding hydrogens is 644 g/mol. The number of carbonyl (C=O) groups excluding carboxylic acids is 3. The number of piperidine rings is 1. The Bertz CT molecular complexity index is 1930. The molecule has 2 N–H and O–H groups in total. The highest BCUT2D eigenvalue weighted by Gasteiger charge is 2.51. The zero-order chi connectivity index (χ0) is 34.3. The molecule has 0 unspecified atom stereocenters. The Morgan fingerprint density at radius 2 is 1.85 bits per heavy atom. The molecule has 0 bridgehead atoms. The molecule has 2 aliphatic heterocycles. The number of amides is 1. The monoisotopic (exact) mass is 680 g/mol. The molecule has 10 nitrogen and oxygen atoms in total. The van der Waals surface area contributed by atoms with Gasteiger partial charge in [-0.05, 0) is 86.2 Å². The van der Waals surface area contributed by atoms with E-state index in [-0.39, 0.29) is 66.1 Å². The number of sulfone groups is 1. The van der Waals surface area contributed by atoms with Crippen molar-refractivity contribution in [3.8, 4) is 11.1 Å². The number of hydrogen-bond donors (Lipinski definition) is 2. The lowest BCUT2D eigenvalue weighted by molar-refractivity contribution is -0.152. The second-order valence-corrected chi connectivity index (χ2v) is 14.1. The SMILES string of the molecule is C=CS(=O)(=O)c1cccc(-c2cc(C)c(C3=C(O)C4(CCN(C(=O)CCc5c(C)[nH]c(C(=O)OCC)c5C)CC4)OC3=O)cc2Cl)c1. The van der Waals surface area contributed by atoms with Gasteiger partial charge in [-0.2, -0.15) is 0 Å². The van der Waals surface area contributed by atoms with Crippen LogP contribution >= 0.6 is 11.6 Å². The van der Waals surface area contributed by atoms with Crippen LogP contribution in [0.2, 0.25) is 5.02 Å². The van der Waals surface area contributed by atoms with Gasteiger partial charge in [0.05, 0.1) is 11.5 Å². The van der Waals surface area contributed by atoms with E-state index >= 15 is 0 Å². The maximum Gasteiger partial charge on any atom is 0.355 e. The summed E-state index contributed by atoms with van der Waals surface area (Å²) in [6.45, 7) is 11.4. The molecular formula is C35H37ClN2O8S. The number of likely N-dealkylation sites (tertiary alicyclic amines) is 1. The molecule has 2 aliphatic rings. The van der Waals surface area contributed by atoms with Crippen LogP contribution in [0.4, 0.5) is 0 Å². The molecule has 47 heavy (non-hydrogen) atoms. The molecule has 1 fully saturated rings. The number of aliphatic hydroxyl groups excluding tert-OH is 1. The van der Waals surface area contributed by atoms with Gasteiger partial charge < -0.3 is 24.5 Å². The van der Waals surface area contributed by atoms with Crippen molar-refractivity contribution in [1.29, 1.82) is 0 Å². The van der Waals surface area contributed by atoms with Crippen molar-refractivity contribution < 1.29 is 37.4 Å². The fourth-order valence-corrected chi connectivity index (χ4v) is 7.39. The van der Waals surface area contributed by atoms with Crippen LogP contribution in [0.25, 0.3) is 16.7 Å². The Morgan fingerprint density at radius 1 is 1.15 bits per heavy atom. The van der Waals surface area contributed by atoms with E-state index in [0.29, 0.717) is 34.4 Å². The Morgan fingerprint density at radius 3 is 2.51 bits per heavy atom. The Kier molecular flexibility index (Phi) is 9.43. The quantitative estimate of drug-likeness (QED) is 0.255. The van der Waals surface area contributed by atoms with Crippen LogP contribution in [-0.4, -0.2) is 66.6 Å². The fraction of sp³-hybridized carbons (Fsp3) is 0.343. The Balaban J connectivity index is 1.31. The van der Waals surface area contributed by atoms with Gasteiger partial charge in [-0.3, -0.25) is 4.79 Å². The van der Waals surface area contributed by atoms with Gasteiger partial charge in [-0.15, -0.1) is 0 Å². The van der Waals surface area contributed by atoms with E-state index in [1.165, 1.54) is 12.1 Å². The van der Waals surface area contributed by atoms with Gasteiger partial charge in [-0.1, -0.05) is 30.3 Å². The van der Waals surface area contributed by atoms with Crippen LogP contribution in [-0.2, 0) is 35.3 Å². The third kappa shape index (κ3) is 6.34. The van der Waals surface area contributed by atoms with Gasteiger partial charge in [-0.25, -0.2) is 18.0 Å². The number of aliphatic hydroxyl groups is 1. The molecule has 0 radical (unpaired) electrons. The first-order valence-corrected chi connectivity index (χ1v) is 17.2. The fourth-order valence-electron chi connectivity index (χ4n) is 6.37. The molecule has 248 valence electrons. The van der Waals surface area contributed by atoms with Gasteiger partial charge >= 0.3 is 11.9 Å². The summed E-state index contributed by atoms with van der Waals surface area (Å²) in [5.74, 6) is -1.37. The maximum absolute atomic E-state index is 13.2. The van der Waals surface area contributed by atoms with Gasteiger partial charge in [0.25, 0.3) is 0 Å². The molecule has 1 spiro atoms. The van der Waals surface area contributed by atoms with Gasteiger partial charge in [0.1, 0.15) is 11.3 Å². The van der Waals surface area contributed by atoms with Crippen LogP contribution in [0.1, 0.15) is 64.6 Å². The maximum atomic E-state index is 13.2. The van der Waals surface area contributed by atoms with Crippen LogP contribution in [0.5, 0.6) is 0 Å². The van der Waals surface area contributed by atoms with Crippen molar-refractivity contribution in [2.75, 3.05) is 19.7 Å². The van der Waals surface area contributed by atoms with Crippen molar-refractivity contribution in [3.05, 3.63) is 92.8 Å². The Labute approximate surface area is 278 Å². The molecule has 3 aromatic rings. The van der Waals surface area contributed by atoms with Crippen LogP contribution in [0.3, 0.4) is 0 Å². The minimum Gasteiger partial charge on any atom is -0.507 e. The molecule has 0 saturated carbocycles. The summed E-state index contributed by atoms with van der Waals surface area (Å²) in [5.41, 5.74) is 3.81. The molecule has 1 aromatic heterocycles. The number of nitrogens with zero attached hydrogens (tertiary/aromatic N) is 1. The lowest BCUT2D eigenvalue weighted by Crippen LogP contribution is -2.48. The van der Waals surface area contributed by atoms with Gasteiger partial charge in [0, 0.05) is 54.0 Å². The van der Waals surface area contributed by atoms with Crippen molar-refractivity contribution in [1.82, 2.24) is 9.88 Å². The highest BCUT2D eigenvalue weighted by Crippen LogP contribution is 2.45. The number of ether oxygens (including phenoxy) is 2. The number of hydrogen-bond acceptors (Lipinski definition) is 8. The number of halogens is 1. The van der Waals surface area contributed by atoms with Gasteiger partial charge in [0.2, 0.25) is 5.91 Å². The lowest BCUT2D eigenvalue weighted by Gasteiger charge is -2.38.